The van der Waals surface area contributed by atoms with Gasteiger partial charge < -0.3 is 10.1 Å². The van der Waals surface area contributed by atoms with Gasteiger partial charge in [0.1, 0.15) is 5.75 Å². The van der Waals surface area contributed by atoms with Gasteiger partial charge in [0.05, 0.1) is 12.8 Å². The van der Waals surface area contributed by atoms with Crippen molar-refractivity contribution in [2.75, 3.05) is 17.9 Å². The molecule has 2 rings (SSSR count). The van der Waals surface area contributed by atoms with Crippen molar-refractivity contribution in [3.05, 3.63) is 41.6 Å². The summed E-state index contributed by atoms with van der Waals surface area (Å²) in [6.45, 7) is 0. The smallest absolute Gasteiger partial charge is 0.338 e. The number of carbonyl (C=O) groups excluding carboxylic acids is 1. The van der Waals surface area contributed by atoms with Crippen LogP contribution in [0, 0.1) is 0 Å². The van der Waals surface area contributed by atoms with Crippen molar-refractivity contribution < 1.29 is 9.53 Å². The average Bonchev–Trinajstić information content (AvgIpc) is 2.47. The highest BCUT2D eigenvalue weighted by Gasteiger charge is 2.06. The average molecular weight is 294 g/mol. The Hall–Kier alpha value is -2.54. The number of nitrogens with zero attached hydrogens (tertiary/aromatic N) is 2. The number of hydrazine groups is 1. The van der Waals surface area contributed by atoms with Crippen LogP contribution in [-0.4, -0.2) is 23.3 Å². The van der Waals surface area contributed by atoms with Gasteiger partial charge in [-0.2, -0.15) is 0 Å². The summed E-state index contributed by atoms with van der Waals surface area (Å²) >= 11 is 5.60. The first-order valence-electron chi connectivity index (χ1n) is 5.64. The SMILES string of the molecule is COc1ccccc1NC(=O)NNc1ccc(Cl)nn1. The number of methoxy groups -OCH3 is 1. The number of hydrogen-bond acceptors (Lipinski definition) is 5. The fourth-order valence-electron chi connectivity index (χ4n) is 1.40. The third kappa shape index (κ3) is 3.72. The number of ether oxygens (including phenoxy) is 1. The van der Waals surface area contributed by atoms with Crippen LogP contribution in [0.15, 0.2) is 36.4 Å². The third-order valence-corrected chi connectivity index (χ3v) is 2.49. The first kappa shape index (κ1) is 13.9. The van der Waals surface area contributed by atoms with E-state index in [9.17, 15) is 4.79 Å². The molecule has 0 aliphatic carbocycles. The molecule has 20 heavy (non-hydrogen) atoms. The topological polar surface area (TPSA) is 88.2 Å². The second kappa shape index (κ2) is 6.58. The van der Waals surface area contributed by atoms with Gasteiger partial charge in [0.25, 0.3) is 0 Å². The number of carbonyl (C=O) groups is 1. The molecular formula is C12H12ClN5O2. The fraction of sp³-hybridized carbons (Fsp3) is 0.0833. The van der Waals surface area contributed by atoms with Crippen LogP contribution in [0.4, 0.5) is 16.3 Å². The van der Waals surface area contributed by atoms with Crippen LogP contribution in [0.25, 0.3) is 0 Å². The van der Waals surface area contributed by atoms with Crippen LogP contribution in [-0.2, 0) is 0 Å². The van der Waals surface area contributed by atoms with E-state index in [1.165, 1.54) is 7.11 Å². The predicted molar refractivity (Wildman–Crippen MR) is 75.8 cm³/mol. The van der Waals surface area contributed by atoms with Crippen LogP contribution >= 0.6 is 11.6 Å². The standard InChI is InChI=1S/C12H12ClN5O2/c1-20-9-5-3-2-4-8(9)14-12(19)18-17-11-7-6-10(13)15-16-11/h2-7H,1H3,(H,16,17)(H2,14,18,19). The largest absolute Gasteiger partial charge is 0.495 e. The summed E-state index contributed by atoms with van der Waals surface area (Å²) < 4.78 is 5.12. The molecule has 0 radical (unpaired) electrons. The number of amides is 2. The van der Waals surface area contributed by atoms with Crippen LogP contribution in [0.3, 0.4) is 0 Å². The summed E-state index contributed by atoms with van der Waals surface area (Å²) in [7, 11) is 1.53. The summed E-state index contributed by atoms with van der Waals surface area (Å²) in [5, 5.41) is 10.3. The van der Waals surface area contributed by atoms with E-state index in [0.717, 1.165) is 0 Å². The molecule has 0 bridgehead atoms. The van der Waals surface area contributed by atoms with Crippen molar-refractivity contribution in [3.8, 4) is 5.75 Å². The number of rotatable bonds is 4. The minimum atomic E-state index is -0.466. The molecule has 0 saturated carbocycles. The fourth-order valence-corrected chi connectivity index (χ4v) is 1.51. The maximum absolute atomic E-state index is 11.7. The van der Waals surface area contributed by atoms with Crippen molar-refractivity contribution in [1.29, 1.82) is 0 Å². The molecule has 3 N–H and O–H groups in total. The molecule has 2 aromatic rings. The van der Waals surface area contributed by atoms with Gasteiger partial charge in [-0.15, -0.1) is 10.2 Å². The highest BCUT2D eigenvalue weighted by molar-refractivity contribution is 6.29. The normalized spacial score (nSPS) is 9.70. The quantitative estimate of drug-likeness (QED) is 0.753. The van der Waals surface area contributed by atoms with E-state index < -0.39 is 6.03 Å². The van der Waals surface area contributed by atoms with E-state index in [1.54, 1.807) is 30.3 Å². The first-order valence-corrected chi connectivity index (χ1v) is 6.02. The van der Waals surface area contributed by atoms with Crippen molar-refractivity contribution in [1.82, 2.24) is 15.6 Å². The summed E-state index contributed by atoms with van der Waals surface area (Å²) in [6.07, 6.45) is 0. The monoisotopic (exact) mass is 293 g/mol. The van der Waals surface area contributed by atoms with Crippen molar-refractivity contribution in [2.24, 2.45) is 0 Å². The van der Waals surface area contributed by atoms with Gasteiger partial charge in [-0.1, -0.05) is 23.7 Å². The van der Waals surface area contributed by atoms with E-state index in [0.29, 0.717) is 17.3 Å². The second-order valence-electron chi connectivity index (χ2n) is 3.65. The number of nitrogens with one attached hydrogen (secondary N) is 3. The molecular weight excluding hydrogens is 282 g/mol. The summed E-state index contributed by atoms with van der Waals surface area (Å²) in [6, 6.07) is 9.73. The summed E-state index contributed by atoms with van der Waals surface area (Å²) in [5.41, 5.74) is 5.56. The van der Waals surface area contributed by atoms with Gasteiger partial charge in [0.15, 0.2) is 11.0 Å². The van der Waals surface area contributed by atoms with Crippen molar-refractivity contribution in [2.45, 2.75) is 0 Å². The molecule has 7 nitrogen and oxygen atoms in total. The van der Waals surface area contributed by atoms with E-state index >= 15 is 0 Å². The first-order chi connectivity index (χ1) is 9.69. The Morgan fingerprint density at radius 3 is 2.70 bits per heavy atom. The molecule has 2 amide bonds. The molecule has 0 atom stereocenters. The molecule has 0 fully saturated rings. The number of hydrogen-bond donors (Lipinski definition) is 3. The Kier molecular flexibility index (Phi) is 4.56. The summed E-state index contributed by atoms with van der Waals surface area (Å²) in [4.78, 5) is 11.7. The number of anilines is 2. The Bertz CT molecular complexity index is 591. The Labute approximate surface area is 120 Å². The van der Waals surface area contributed by atoms with Gasteiger partial charge in [-0.05, 0) is 24.3 Å². The van der Waals surface area contributed by atoms with Crippen molar-refractivity contribution >= 4 is 29.1 Å². The minimum Gasteiger partial charge on any atom is -0.495 e. The van der Waals surface area contributed by atoms with Crippen LogP contribution in [0.2, 0.25) is 5.15 Å². The lowest BCUT2D eigenvalue weighted by Crippen LogP contribution is -2.34. The molecule has 1 aromatic heterocycles. The van der Waals surface area contributed by atoms with Crippen molar-refractivity contribution in [3.63, 3.8) is 0 Å². The minimum absolute atomic E-state index is 0.272. The molecule has 1 aromatic carbocycles. The van der Waals surface area contributed by atoms with E-state index in [-0.39, 0.29) is 5.15 Å². The number of halogens is 1. The maximum atomic E-state index is 11.7. The highest BCUT2D eigenvalue weighted by atomic mass is 35.5. The molecule has 0 aliphatic heterocycles. The van der Waals surface area contributed by atoms with Gasteiger partial charge in [0, 0.05) is 0 Å². The molecule has 8 heteroatoms. The Morgan fingerprint density at radius 2 is 2.00 bits per heavy atom. The Balaban J connectivity index is 1.91. The van der Waals surface area contributed by atoms with Crippen LogP contribution < -0.4 is 20.9 Å². The molecule has 104 valence electrons. The summed E-state index contributed by atoms with van der Waals surface area (Å²) in [5.74, 6) is 0.929. The molecule has 0 spiro atoms. The van der Waals surface area contributed by atoms with E-state index in [2.05, 4.69) is 26.4 Å². The van der Waals surface area contributed by atoms with Gasteiger partial charge >= 0.3 is 6.03 Å². The molecule has 0 saturated heterocycles. The van der Waals surface area contributed by atoms with Gasteiger partial charge in [-0.3, -0.25) is 5.43 Å². The van der Waals surface area contributed by atoms with Gasteiger partial charge in [0.2, 0.25) is 0 Å². The zero-order valence-electron chi connectivity index (χ0n) is 10.6. The van der Waals surface area contributed by atoms with E-state index in [4.69, 9.17) is 16.3 Å². The third-order valence-electron chi connectivity index (χ3n) is 2.29. The Morgan fingerprint density at radius 1 is 1.20 bits per heavy atom. The second-order valence-corrected chi connectivity index (χ2v) is 4.03. The lowest BCUT2D eigenvalue weighted by Gasteiger charge is -2.11. The number of para-hydroxylation sites is 2. The van der Waals surface area contributed by atoms with Gasteiger partial charge in [-0.25, -0.2) is 10.2 Å². The zero-order valence-corrected chi connectivity index (χ0v) is 11.3. The lowest BCUT2D eigenvalue weighted by molar-refractivity contribution is 0.253. The van der Waals surface area contributed by atoms with E-state index in [1.807, 2.05) is 6.07 Å². The molecule has 0 aliphatic rings. The van der Waals surface area contributed by atoms with Crippen LogP contribution in [0.5, 0.6) is 5.75 Å². The number of aromatic nitrogens is 2. The molecule has 1 heterocycles. The maximum Gasteiger partial charge on any atom is 0.338 e. The molecule has 0 unspecified atom stereocenters. The lowest BCUT2D eigenvalue weighted by atomic mass is 10.3. The highest BCUT2D eigenvalue weighted by Crippen LogP contribution is 2.22. The number of benzene rings is 1. The zero-order chi connectivity index (χ0) is 14.4. The van der Waals surface area contributed by atoms with Crippen LogP contribution in [0.1, 0.15) is 0 Å². The number of urea groups is 1. The predicted octanol–water partition coefficient (Wildman–Crippen LogP) is 2.29.